The molecule has 3 rings (SSSR count). The van der Waals surface area contributed by atoms with E-state index in [1.165, 1.54) is 12.1 Å². The fraction of sp³-hybridized carbons (Fsp3) is 0.467. The number of amides is 2. The molecule has 1 atom stereocenters. The second-order valence-corrected chi connectivity index (χ2v) is 6.04. The highest BCUT2D eigenvalue weighted by molar-refractivity contribution is 6.31. The van der Waals surface area contributed by atoms with Gasteiger partial charge in [-0.3, -0.25) is 9.59 Å². The van der Waals surface area contributed by atoms with Gasteiger partial charge in [0, 0.05) is 24.5 Å². The Morgan fingerprint density at radius 2 is 2.10 bits per heavy atom. The van der Waals surface area contributed by atoms with E-state index >= 15 is 0 Å². The molecule has 0 spiro atoms. The number of nitrogens with zero attached hydrogens (tertiary/aromatic N) is 1. The van der Waals surface area contributed by atoms with E-state index in [9.17, 15) is 14.0 Å². The van der Waals surface area contributed by atoms with Gasteiger partial charge in [0.15, 0.2) is 0 Å². The third kappa shape index (κ3) is 3.18. The van der Waals surface area contributed by atoms with E-state index in [-0.39, 0.29) is 24.2 Å². The summed E-state index contributed by atoms with van der Waals surface area (Å²) in [5.41, 5.74) is 0.690. The zero-order chi connectivity index (χ0) is 15.0. The predicted molar refractivity (Wildman–Crippen MR) is 76.1 cm³/mol. The molecule has 21 heavy (non-hydrogen) atoms. The van der Waals surface area contributed by atoms with Crippen LogP contribution in [-0.2, 0) is 16.1 Å². The number of rotatable bonds is 3. The molecule has 1 N–H and O–H groups in total. The van der Waals surface area contributed by atoms with Gasteiger partial charge in [-0.05, 0) is 36.5 Å². The molecule has 0 aromatic heterocycles. The molecule has 0 bridgehead atoms. The summed E-state index contributed by atoms with van der Waals surface area (Å²) in [4.78, 5) is 25.9. The molecule has 1 aromatic carbocycles. The van der Waals surface area contributed by atoms with Crippen LogP contribution in [0.15, 0.2) is 18.2 Å². The Bertz CT molecular complexity index is 589. The average Bonchev–Trinajstić information content (AvgIpc) is 3.26. The largest absolute Gasteiger partial charge is 0.344 e. The Kier molecular flexibility index (Phi) is 3.85. The quantitative estimate of drug-likeness (QED) is 0.929. The number of carbonyl (C=O) groups is 2. The lowest BCUT2D eigenvalue weighted by Crippen LogP contribution is -2.45. The first kappa shape index (κ1) is 14.3. The van der Waals surface area contributed by atoms with Crippen LogP contribution in [0.4, 0.5) is 4.39 Å². The van der Waals surface area contributed by atoms with Crippen LogP contribution in [0, 0.1) is 11.7 Å². The molecule has 1 saturated heterocycles. The summed E-state index contributed by atoms with van der Waals surface area (Å²) < 4.78 is 13.1. The third-order valence-electron chi connectivity index (χ3n) is 3.97. The number of halogens is 2. The van der Waals surface area contributed by atoms with Crippen molar-refractivity contribution in [1.29, 1.82) is 0 Å². The van der Waals surface area contributed by atoms with Crippen LogP contribution in [-0.4, -0.2) is 29.3 Å². The highest BCUT2D eigenvalue weighted by atomic mass is 35.5. The van der Waals surface area contributed by atoms with Gasteiger partial charge in [-0.2, -0.15) is 0 Å². The molecule has 6 heteroatoms. The van der Waals surface area contributed by atoms with E-state index in [2.05, 4.69) is 5.32 Å². The summed E-state index contributed by atoms with van der Waals surface area (Å²) in [7, 11) is 0. The molecule has 1 heterocycles. The molecule has 1 aromatic rings. The SMILES string of the molecule is O=C1CCN(Cc2ccc(F)cc2Cl)C(=O)C(C2CC2)N1. The van der Waals surface area contributed by atoms with Crippen molar-refractivity contribution in [3.05, 3.63) is 34.6 Å². The fourth-order valence-corrected chi connectivity index (χ4v) is 2.84. The smallest absolute Gasteiger partial charge is 0.245 e. The van der Waals surface area contributed by atoms with Crippen molar-refractivity contribution in [2.45, 2.75) is 31.8 Å². The Morgan fingerprint density at radius 1 is 1.33 bits per heavy atom. The van der Waals surface area contributed by atoms with Crippen molar-refractivity contribution in [2.24, 2.45) is 5.92 Å². The maximum atomic E-state index is 13.1. The lowest BCUT2D eigenvalue weighted by atomic mass is 10.1. The van der Waals surface area contributed by atoms with Crippen LogP contribution < -0.4 is 5.32 Å². The van der Waals surface area contributed by atoms with Crippen LogP contribution in [0.5, 0.6) is 0 Å². The van der Waals surface area contributed by atoms with Crippen LogP contribution in [0.3, 0.4) is 0 Å². The van der Waals surface area contributed by atoms with Gasteiger partial charge < -0.3 is 10.2 Å². The highest BCUT2D eigenvalue weighted by Gasteiger charge is 2.40. The average molecular weight is 311 g/mol. The zero-order valence-electron chi connectivity index (χ0n) is 11.4. The minimum Gasteiger partial charge on any atom is -0.344 e. The number of nitrogens with one attached hydrogen (secondary N) is 1. The fourth-order valence-electron chi connectivity index (χ4n) is 2.61. The molecule has 1 aliphatic carbocycles. The van der Waals surface area contributed by atoms with Crippen molar-refractivity contribution in [1.82, 2.24) is 10.2 Å². The Morgan fingerprint density at radius 3 is 2.76 bits per heavy atom. The number of hydrogen-bond acceptors (Lipinski definition) is 2. The van der Waals surface area contributed by atoms with Crippen molar-refractivity contribution in [3.63, 3.8) is 0 Å². The van der Waals surface area contributed by atoms with Gasteiger partial charge in [0.05, 0.1) is 0 Å². The van der Waals surface area contributed by atoms with Crippen molar-refractivity contribution < 1.29 is 14.0 Å². The summed E-state index contributed by atoms with van der Waals surface area (Å²) in [6.45, 7) is 0.664. The molecule has 112 valence electrons. The third-order valence-corrected chi connectivity index (χ3v) is 4.32. The van der Waals surface area contributed by atoms with E-state index in [0.29, 0.717) is 23.7 Å². The van der Waals surface area contributed by atoms with E-state index in [0.717, 1.165) is 12.8 Å². The molecule has 1 saturated carbocycles. The standard InChI is InChI=1S/C15H16ClFN2O2/c16-12-7-11(17)4-3-10(12)8-19-6-5-13(20)18-14(15(19)21)9-1-2-9/h3-4,7,9,14H,1-2,5-6,8H2,(H,18,20). The Balaban J connectivity index is 1.79. The van der Waals surface area contributed by atoms with Crippen LogP contribution >= 0.6 is 11.6 Å². The molecular formula is C15H16ClFN2O2. The molecule has 2 fully saturated rings. The maximum Gasteiger partial charge on any atom is 0.245 e. The molecule has 2 aliphatic rings. The summed E-state index contributed by atoms with van der Waals surface area (Å²) >= 11 is 6.02. The number of hydrogen-bond donors (Lipinski definition) is 1. The summed E-state index contributed by atoms with van der Waals surface area (Å²) in [6, 6.07) is 3.72. The van der Waals surface area contributed by atoms with Gasteiger partial charge in [-0.1, -0.05) is 17.7 Å². The Hall–Kier alpha value is -1.62. The predicted octanol–water partition coefficient (Wildman–Crippen LogP) is 2.11. The van der Waals surface area contributed by atoms with Crippen molar-refractivity contribution >= 4 is 23.4 Å². The first-order chi connectivity index (χ1) is 10.0. The molecule has 1 unspecified atom stereocenters. The minimum absolute atomic E-state index is 0.0660. The zero-order valence-corrected chi connectivity index (χ0v) is 12.2. The number of benzene rings is 1. The Labute approximate surface area is 127 Å². The number of carbonyl (C=O) groups excluding carboxylic acids is 2. The monoisotopic (exact) mass is 310 g/mol. The van der Waals surface area contributed by atoms with E-state index in [1.54, 1.807) is 11.0 Å². The molecule has 2 amide bonds. The minimum atomic E-state index is -0.417. The first-order valence-electron chi connectivity index (χ1n) is 7.06. The van der Waals surface area contributed by atoms with Gasteiger partial charge in [0.1, 0.15) is 11.9 Å². The van der Waals surface area contributed by atoms with Gasteiger partial charge >= 0.3 is 0 Å². The molecule has 4 nitrogen and oxygen atoms in total. The van der Waals surface area contributed by atoms with Crippen LogP contribution in [0.2, 0.25) is 5.02 Å². The summed E-state index contributed by atoms with van der Waals surface area (Å²) in [6.07, 6.45) is 2.23. The highest BCUT2D eigenvalue weighted by Crippen LogP contribution is 2.34. The topological polar surface area (TPSA) is 49.4 Å². The van der Waals surface area contributed by atoms with Crippen molar-refractivity contribution in [2.75, 3.05) is 6.54 Å². The van der Waals surface area contributed by atoms with Crippen LogP contribution in [0.1, 0.15) is 24.8 Å². The normalized spacial score (nSPS) is 23.0. The lowest BCUT2D eigenvalue weighted by Gasteiger charge is -2.24. The molecular weight excluding hydrogens is 295 g/mol. The van der Waals surface area contributed by atoms with Gasteiger partial charge in [0.25, 0.3) is 0 Å². The second-order valence-electron chi connectivity index (χ2n) is 5.63. The van der Waals surface area contributed by atoms with Crippen molar-refractivity contribution in [3.8, 4) is 0 Å². The van der Waals surface area contributed by atoms with Gasteiger partial charge in [-0.15, -0.1) is 0 Å². The summed E-state index contributed by atoms with van der Waals surface area (Å²) in [5, 5.41) is 3.11. The van der Waals surface area contributed by atoms with Gasteiger partial charge in [0.2, 0.25) is 11.8 Å². The summed E-state index contributed by atoms with van der Waals surface area (Å²) in [5.74, 6) is -0.305. The van der Waals surface area contributed by atoms with E-state index < -0.39 is 11.9 Å². The first-order valence-corrected chi connectivity index (χ1v) is 7.44. The van der Waals surface area contributed by atoms with Gasteiger partial charge in [-0.25, -0.2) is 4.39 Å². The molecule has 0 radical (unpaired) electrons. The maximum absolute atomic E-state index is 13.1. The van der Waals surface area contributed by atoms with E-state index in [4.69, 9.17) is 11.6 Å². The van der Waals surface area contributed by atoms with Crippen LogP contribution in [0.25, 0.3) is 0 Å². The lowest BCUT2D eigenvalue weighted by molar-refractivity contribution is -0.134. The van der Waals surface area contributed by atoms with E-state index in [1.807, 2.05) is 0 Å². The molecule has 1 aliphatic heterocycles. The second kappa shape index (κ2) is 5.64.